The number of para-hydroxylation sites is 3. The molecule has 4 heteroatoms. The maximum Gasteiger partial charge on any atom is 0.160 e. The minimum Gasteiger partial charge on any atom is -0.309 e. The highest BCUT2D eigenvalue weighted by Gasteiger charge is 2.40. The van der Waals surface area contributed by atoms with Crippen LogP contribution in [0.4, 0.5) is 0 Å². The average Bonchev–Trinajstić information content (AvgIpc) is 3.80. The van der Waals surface area contributed by atoms with E-state index in [4.69, 9.17) is 9.97 Å². The SMILES string of the molecule is CC1(C)c2ccccc2-c2nc(-c3ccccc3)nc(-c3cccc(-n4c5ccccc5c5cc6c(cc54)c4ccccc4n6-c4ccccc4)c3)c21. The molecule has 0 aliphatic heterocycles. The lowest BCUT2D eigenvalue weighted by atomic mass is 9.81. The third-order valence-electron chi connectivity index (χ3n) is 11.3. The fraction of sp³-hybridized carbons (Fsp3) is 0.0612. The smallest absolute Gasteiger partial charge is 0.160 e. The first-order valence-corrected chi connectivity index (χ1v) is 18.3. The number of benzene rings is 7. The van der Waals surface area contributed by atoms with Crippen molar-refractivity contribution in [1.29, 1.82) is 0 Å². The van der Waals surface area contributed by atoms with Crippen LogP contribution < -0.4 is 0 Å². The molecule has 7 aromatic carbocycles. The lowest BCUT2D eigenvalue weighted by Crippen LogP contribution is -2.17. The Morgan fingerprint density at radius 3 is 1.64 bits per heavy atom. The van der Waals surface area contributed by atoms with Crippen LogP contribution in [0.25, 0.3) is 88.9 Å². The predicted molar refractivity (Wildman–Crippen MR) is 219 cm³/mol. The molecule has 0 saturated heterocycles. The molecule has 0 spiro atoms. The van der Waals surface area contributed by atoms with E-state index >= 15 is 0 Å². The molecule has 0 fully saturated rings. The Balaban J connectivity index is 1.18. The summed E-state index contributed by atoms with van der Waals surface area (Å²) in [4.78, 5) is 10.7. The van der Waals surface area contributed by atoms with Crippen LogP contribution in [-0.2, 0) is 5.41 Å². The molecule has 10 aromatic rings. The Bertz CT molecular complexity index is 3080. The van der Waals surface area contributed by atoms with Crippen molar-refractivity contribution >= 4 is 43.6 Å². The molecule has 4 nitrogen and oxygen atoms in total. The van der Waals surface area contributed by atoms with Gasteiger partial charge in [0.2, 0.25) is 0 Å². The largest absolute Gasteiger partial charge is 0.309 e. The molecule has 53 heavy (non-hydrogen) atoms. The quantitative estimate of drug-likeness (QED) is 0.186. The van der Waals surface area contributed by atoms with Crippen LogP contribution in [0, 0.1) is 0 Å². The molecule has 0 bridgehead atoms. The third-order valence-corrected chi connectivity index (χ3v) is 11.3. The highest BCUT2D eigenvalue weighted by Crippen LogP contribution is 2.51. The summed E-state index contributed by atoms with van der Waals surface area (Å²) in [5.41, 5.74) is 14.5. The van der Waals surface area contributed by atoms with Crippen molar-refractivity contribution < 1.29 is 0 Å². The Hall–Kier alpha value is -6.78. The molecule has 0 radical (unpaired) electrons. The minimum absolute atomic E-state index is 0.266. The van der Waals surface area contributed by atoms with Crippen molar-refractivity contribution in [2.75, 3.05) is 0 Å². The lowest BCUT2D eigenvalue weighted by molar-refractivity contribution is 0.658. The van der Waals surface area contributed by atoms with Gasteiger partial charge in [0.25, 0.3) is 0 Å². The Morgan fingerprint density at radius 1 is 0.415 bits per heavy atom. The van der Waals surface area contributed by atoms with Crippen LogP contribution >= 0.6 is 0 Å². The second-order valence-corrected chi connectivity index (χ2v) is 14.6. The van der Waals surface area contributed by atoms with E-state index in [9.17, 15) is 0 Å². The topological polar surface area (TPSA) is 35.6 Å². The van der Waals surface area contributed by atoms with Crippen LogP contribution in [0.2, 0.25) is 0 Å². The monoisotopic (exact) mass is 678 g/mol. The van der Waals surface area contributed by atoms with E-state index in [2.05, 4.69) is 187 Å². The van der Waals surface area contributed by atoms with Gasteiger partial charge in [-0.2, -0.15) is 0 Å². The standard InChI is InChI=1S/C49H34N4/c1-49(2)40-25-12-9-24-37(40)47-45(49)46(50-48(51-47)31-16-5-3-6-17-31)32-18-15-21-34(28-32)53-42-27-14-11-23-36(42)39-29-43-38(30-44(39)53)35-22-10-13-26-41(35)52(43)33-19-7-4-8-20-33/h3-30H,1-2H3. The maximum atomic E-state index is 5.39. The summed E-state index contributed by atoms with van der Waals surface area (Å²) in [5, 5.41) is 4.93. The van der Waals surface area contributed by atoms with Crippen molar-refractivity contribution in [1.82, 2.24) is 19.1 Å². The average molecular weight is 679 g/mol. The number of hydrogen-bond donors (Lipinski definition) is 0. The maximum absolute atomic E-state index is 5.39. The van der Waals surface area contributed by atoms with E-state index in [0.717, 1.165) is 39.7 Å². The molecule has 0 atom stereocenters. The third kappa shape index (κ3) is 4.30. The van der Waals surface area contributed by atoms with Gasteiger partial charge in [-0.25, -0.2) is 9.97 Å². The Labute approximate surface area is 307 Å². The zero-order chi connectivity index (χ0) is 35.3. The van der Waals surface area contributed by atoms with Gasteiger partial charge >= 0.3 is 0 Å². The van der Waals surface area contributed by atoms with Gasteiger partial charge in [-0.3, -0.25) is 0 Å². The van der Waals surface area contributed by atoms with Crippen molar-refractivity contribution in [2.45, 2.75) is 19.3 Å². The van der Waals surface area contributed by atoms with E-state index in [1.165, 1.54) is 60.3 Å². The zero-order valence-corrected chi connectivity index (χ0v) is 29.5. The summed E-state index contributed by atoms with van der Waals surface area (Å²) in [6.45, 7) is 4.61. The summed E-state index contributed by atoms with van der Waals surface area (Å²) < 4.78 is 4.83. The number of aromatic nitrogens is 4. The number of hydrogen-bond acceptors (Lipinski definition) is 2. The summed E-state index contributed by atoms with van der Waals surface area (Å²) in [5.74, 6) is 0.742. The van der Waals surface area contributed by atoms with Gasteiger partial charge in [-0.15, -0.1) is 0 Å². The number of rotatable bonds is 4. The summed E-state index contributed by atoms with van der Waals surface area (Å²) in [6.07, 6.45) is 0. The van der Waals surface area contributed by atoms with E-state index in [-0.39, 0.29) is 5.41 Å². The second-order valence-electron chi connectivity index (χ2n) is 14.6. The normalized spacial score (nSPS) is 13.2. The number of fused-ring (bicyclic) bond motifs is 9. The van der Waals surface area contributed by atoms with E-state index in [1.807, 2.05) is 6.07 Å². The zero-order valence-electron chi connectivity index (χ0n) is 29.5. The first-order chi connectivity index (χ1) is 26.1. The molecule has 1 aliphatic rings. The predicted octanol–water partition coefficient (Wildman–Crippen LogP) is 12.3. The second kappa shape index (κ2) is 11.1. The van der Waals surface area contributed by atoms with Crippen molar-refractivity contribution in [3.05, 3.63) is 181 Å². The Kier molecular flexibility index (Phi) is 6.27. The lowest BCUT2D eigenvalue weighted by Gasteiger charge is -2.24. The fourth-order valence-electron chi connectivity index (χ4n) is 8.90. The van der Waals surface area contributed by atoms with Crippen LogP contribution in [0.3, 0.4) is 0 Å². The summed E-state index contributed by atoms with van der Waals surface area (Å²) in [7, 11) is 0. The Morgan fingerprint density at radius 2 is 0.943 bits per heavy atom. The fourth-order valence-corrected chi connectivity index (χ4v) is 8.90. The van der Waals surface area contributed by atoms with Crippen molar-refractivity contribution in [3.63, 3.8) is 0 Å². The molecule has 0 N–H and O–H groups in total. The van der Waals surface area contributed by atoms with Crippen LogP contribution in [0.15, 0.2) is 170 Å². The van der Waals surface area contributed by atoms with Gasteiger partial charge in [0.1, 0.15) is 0 Å². The van der Waals surface area contributed by atoms with Crippen molar-refractivity contribution in [3.8, 4) is 45.3 Å². The van der Waals surface area contributed by atoms with E-state index < -0.39 is 0 Å². The first kappa shape index (κ1) is 29.9. The molecule has 250 valence electrons. The molecule has 0 amide bonds. The molecule has 0 saturated carbocycles. The van der Waals surface area contributed by atoms with Crippen LogP contribution in [0.5, 0.6) is 0 Å². The highest BCUT2D eigenvalue weighted by molar-refractivity contribution is 6.19. The molecule has 0 unspecified atom stereocenters. The highest BCUT2D eigenvalue weighted by atomic mass is 15.0. The van der Waals surface area contributed by atoms with Gasteiger partial charge in [-0.05, 0) is 54.1 Å². The first-order valence-electron chi connectivity index (χ1n) is 18.3. The van der Waals surface area contributed by atoms with Gasteiger partial charge in [0.05, 0.1) is 33.5 Å². The van der Waals surface area contributed by atoms with Gasteiger partial charge in [0, 0.05) is 60.6 Å². The van der Waals surface area contributed by atoms with Gasteiger partial charge < -0.3 is 9.13 Å². The summed E-state index contributed by atoms with van der Waals surface area (Å²) in [6, 6.07) is 61.0. The minimum atomic E-state index is -0.266. The number of nitrogens with zero attached hydrogens (tertiary/aromatic N) is 4. The van der Waals surface area contributed by atoms with E-state index in [0.29, 0.717) is 0 Å². The van der Waals surface area contributed by atoms with Crippen LogP contribution in [-0.4, -0.2) is 19.1 Å². The molecular formula is C49H34N4. The molecule has 3 heterocycles. The molecular weight excluding hydrogens is 645 g/mol. The van der Waals surface area contributed by atoms with Crippen molar-refractivity contribution in [2.24, 2.45) is 0 Å². The summed E-state index contributed by atoms with van der Waals surface area (Å²) >= 11 is 0. The molecule has 11 rings (SSSR count). The van der Waals surface area contributed by atoms with Gasteiger partial charge in [0.15, 0.2) is 5.82 Å². The van der Waals surface area contributed by atoms with E-state index in [1.54, 1.807) is 0 Å². The molecule has 3 aromatic heterocycles. The van der Waals surface area contributed by atoms with Crippen LogP contribution in [0.1, 0.15) is 25.0 Å². The van der Waals surface area contributed by atoms with Gasteiger partial charge in [-0.1, -0.05) is 135 Å². The molecule has 1 aliphatic carbocycles.